The van der Waals surface area contributed by atoms with Gasteiger partial charge in [0.1, 0.15) is 11.6 Å². The number of amides is 2. The van der Waals surface area contributed by atoms with Gasteiger partial charge in [0, 0.05) is 44.1 Å². The average molecular weight is 432 g/mol. The summed E-state index contributed by atoms with van der Waals surface area (Å²) in [4.78, 5) is 31.8. The molecule has 0 spiro atoms. The van der Waals surface area contributed by atoms with Crippen LogP contribution < -0.4 is 10.1 Å². The standard InChI is InChI=1S/C23H24N6O3/c1-14-7-15(10-24-9-14)23(31)28-11-16-8-20-26-27-21(29(20)13-17(16)12-28)22(30)25-18-3-5-19(32-2)6-4-18/h3-7,9-10,16-17H,8,11-13H2,1-2H3,(H,25,30)/t16-,17-/m0/s1. The predicted octanol–water partition coefficient (Wildman–Crippen LogP) is 2.19. The molecule has 1 fully saturated rings. The Morgan fingerprint density at radius 1 is 1.06 bits per heavy atom. The first-order chi connectivity index (χ1) is 15.5. The van der Waals surface area contributed by atoms with Crippen LogP contribution in [-0.2, 0) is 13.0 Å². The third-order valence-corrected chi connectivity index (χ3v) is 6.23. The van der Waals surface area contributed by atoms with Crippen LogP contribution in [0.5, 0.6) is 5.75 Å². The minimum Gasteiger partial charge on any atom is -0.497 e. The highest BCUT2D eigenvalue weighted by atomic mass is 16.5. The van der Waals surface area contributed by atoms with Crippen molar-refractivity contribution in [1.29, 1.82) is 0 Å². The number of carbonyl (C=O) groups is 2. The maximum absolute atomic E-state index is 13.0. The fourth-order valence-electron chi connectivity index (χ4n) is 4.57. The Morgan fingerprint density at radius 2 is 1.84 bits per heavy atom. The second kappa shape index (κ2) is 8.07. The van der Waals surface area contributed by atoms with Crippen LogP contribution in [-0.4, -0.2) is 56.7 Å². The molecule has 0 aliphatic carbocycles. The Balaban J connectivity index is 1.29. The maximum atomic E-state index is 13.0. The van der Waals surface area contributed by atoms with Gasteiger partial charge in [-0.25, -0.2) is 0 Å². The molecule has 2 aliphatic heterocycles. The number of carbonyl (C=O) groups excluding carboxylic acids is 2. The zero-order valence-electron chi connectivity index (χ0n) is 18.0. The quantitative estimate of drug-likeness (QED) is 0.678. The maximum Gasteiger partial charge on any atom is 0.293 e. The molecule has 0 unspecified atom stereocenters. The van der Waals surface area contributed by atoms with Crippen LogP contribution in [0.2, 0.25) is 0 Å². The van der Waals surface area contributed by atoms with Crippen molar-refractivity contribution in [2.45, 2.75) is 19.9 Å². The third-order valence-electron chi connectivity index (χ3n) is 6.23. The topological polar surface area (TPSA) is 102 Å². The fraction of sp³-hybridized carbons (Fsp3) is 0.348. The lowest BCUT2D eigenvalue weighted by molar-refractivity contribution is 0.0782. The van der Waals surface area contributed by atoms with Crippen molar-refractivity contribution in [2.24, 2.45) is 11.8 Å². The highest BCUT2D eigenvalue weighted by molar-refractivity contribution is 6.01. The van der Waals surface area contributed by atoms with E-state index in [9.17, 15) is 9.59 Å². The van der Waals surface area contributed by atoms with Crippen molar-refractivity contribution in [3.63, 3.8) is 0 Å². The Morgan fingerprint density at radius 3 is 2.59 bits per heavy atom. The second-order valence-electron chi connectivity index (χ2n) is 8.42. The monoisotopic (exact) mass is 432 g/mol. The molecular formula is C23H24N6O3. The predicted molar refractivity (Wildman–Crippen MR) is 117 cm³/mol. The first-order valence-corrected chi connectivity index (χ1v) is 10.6. The van der Waals surface area contributed by atoms with Gasteiger partial charge < -0.3 is 19.5 Å². The number of hydrogen-bond acceptors (Lipinski definition) is 6. The third kappa shape index (κ3) is 3.70. The highest BCUT2D eigenvalue weighted by Crippen LogP contribution is 2.33. The van der Waals surface area contributed by atoms with Crippen molar-refractivity contribution in [3.05, 3.63) is 65.5 Å². The molecule has 2 atom stereocenters. The Bertz CT molecular complexity index is 1170. The molecule has 1 aromatic carbocycles. The van der Waals surface area contributed by atoms with E-state index in [2.05, 4.69) is 20.5 Å². The van der Waals surface area contributed by atoms with Gasteiger partial charge in [-0.05, 0) is 54.7 Å². The van der Waals surface area contributed by atoms with Crippen LogP contribution in [0.4, 0.5) is 5.69 Å². The number of benzene rings is 1. The van der Waals surface area contributed by atoms with E-state index in [0.29, 0.717) is 49.0 Å². The number of pyridine rings is 1. The summed E-state index contributed by atoms with van der Waals surface area (Å²) < 4.78 is 7.04. The molecule has 32 heavy (non-hydrogen) atoms. The van der Waals surface area contributed by atoms with Gasteiger partial charge in [-0.2, -0.15) is 0 Å². The van der Waals surface area contributed by atoms with Gasteiger partial charge in [0.05, 0.1) is 12.7 Å². The van der Waals surface area contributed by atoms with Crippen LogP contribution >= 0.6 is 0 Å². The number of hydrogen-bond donors (Lipinski definition) is 1. The molecule has 2 aromatic heterocycles. The highest BCUT2D eigenvalue weighted by Gasteiger charge is 2.40. The molecule has 5 rings (SSSR count). The number of aromatic nitrogens is 4. The number of nitrogens with one attached hydrogen (secondary N) is 1. The van der Waals surface area contributed by atoms with Gasteiger partial charge in [0.15, 0.2) is 0 Å². The van der Waals surface area contributed by atoms with Gasteiger partial charge >= 0.3 is 0 Å². The molecule has 0 bridgehead atoms. The largest absolute Gasteiger partial charge is 0.497 e. The summed E-state index contributed by atoms with van der Waals surface area (Å²) >= 11 is 0. The molecule has 1 saturated heterocycles. The zero-order chi connectivity index (χ0) is 22.2. The van der Waals surface area contributed by atoms with Crippen LogP contribution in [0.1, 0.15) is 32.4 Å². The van der Waals surface area contributed by atoms with E-state index in [0.717, 1.165) is 17.1 Å². The summed E-state index contributed by atoms with van der Waals surface area (Å²) in [6, 6.07) is 9.00. The van der Waals surface area contributed by atoms with E-state index in [1.165, 1.54) is 0 Å². The number of anilines is 1. The normalized spacial score (nSPS) is 19.2. The van der Waals surface area contributed by atoms with E-state index in [-0.39, 0.29) is 17.7 Å². The van der Waals surface area contributed by atoms with Gasteiger partial charge in [-0.1, -0.05) is 0 Å². The molecule has 164 valence electrons. The molecule has 9 nitrogen and oxygen atoms in total. The molecule has 3 aromatic rings. The summed E-state index contributed by atoms with van der Waals surface area (Å²) in [5.41, 5.74) is 2.24. The number of aryl methyl sites for hydroxylation is 1. The number of fused-ring (bicyclic) bond motifs is 2. The van der Waals surface area contributed by atoms with E-state index >= 15 is 0 Å². The summed E-state index contributed by atoms with van der Waals surface area (Å²) in [5, 5.41) is 11.3. The number of ether oxygens (including phenoxy) is 1. The van der Waals surface area contributed by atoms with Gasteiger partial charge in [0.2, 0.25) is 5.82 Å². The lowest BCUT2D eigenvalue weighted by atomic mass is 9.89. The second-order valence-corrected chi connectivity index (χ2v) is 8.42. The molecule has 0 radical (unpaired) electrons. The van der Waals surface area contributed by atoms with E-state index in [1.54, 1.807) is 43.8 Å². The number of likely N-dealkylation sites (tertiary alicyclic amines) is 1. The molecule has 2 aliphatic rings. The van der Waals surface area contributed by atoms with Crippen molar-refractivity contribution in [1.82, 2.24) is 24.6 Å². The van der Waals surface area contributed by atoms with Crippen LogP contribution in [0.25, 0.3) is 0 Å². The summed E-state index contributed by atoms with van der Waals surface area (Å²) in [7, 11) is 1.60. The molecule has 0 saturated carbocycles. The SMILES string of the molecule is COc1ccc(NC(=O)c2nnc3n2C[C@@H]2CN(C(=O)c4cncc(C)c4)C[C@@H]2C3)cc1. The zero-order valence-corrected chi connectivity index (χ0v) is 18.0. The summed E-state index contributed by atoms with van der Waals surface area (Å²) in [6.45, 7) is 3.87. The van der Waals surface area contributed by atoms with Crippen LogP contribution in [0.3, 0.4) is 0 Å². The van der Waals surface area contributed by atoms with E-state index in [4.69, 9.17) is 4.74 Å². The number of methoxy groups -OCH3 is 1. The van der Waals surface area contributed by atoms with Crippen molar-refractivity contribution in [3.8, 4) is 5.75 Å². The lowest BCUT2D eigenvalue weighted by Crippen LogP contribution is -2.31. The molecule has 9 heteroatoms. The molecule has 1 N–H and O–H groups in total. The van der Waals surface area contributed by atoms with Crippen molar-refractivity contribution >= 4 is 17.5 Å². The Hall–Kier alpha value is -3.75. The molecular weight excluding hydrogens is 408 g/mol. The van der Waals surface area contributed by atoms with E-state index in [1.807, 2.05) is 22.5 Å². The summed E-state index contributed by atoms with van der Waals surface area (Å²) in [6.07, 6.45) is 4.06. The van der Waals surface area contributed by atoms with Crippen molar-refractivity contribution in [2.75, 3.05) is 25.5 Å². The van der Waals surface area contributed by atoms with E-state index < -0.39 is 0 Å². The van der Waals surface area contributed by atoms with Crippen LogP contribution in [0, 0.1) is 18.8 Å². The van der Waals surface area contributed by atoms with Gasteiger partial charge in [-0.15, -0.1) is 10.2 Å². The van der Waals surface area contributed by atoms with Crippen LogP contribution in [0.15, 0.2) is 42.7 Å². The average Bonchev–Trinajstić information content (AvgIpc) is 3.41. The Labute approximate surface area is 185 Å². The molecule has 2 amide bonds. The molecule has 4 heterocycles. The number of nitrogens with zero attached hydrogens (tertiary/aromatic N) is 5. The van der Waals surface area contributed by atoms with Gasteiger partial charge in [0.25, 0.3) is 11.8 Å². The first kappa shape index (κ1) is 20.2. The van der Waals surface area contributed by atoms with Crippen molar-refractivity contribution < 1.29 is 14.3 Å². The minimum atomic E-state index is -0.302. The summed E-state index contributed by atoms with van der Waals surface area (Å²) in [5.74, 6) is 2.07. The number of rotatable bonds is 4. The smallest absolute Gasteiger partial charge is 0.293 e. The fourth-order valence-corrected chi connectivity index (χ4v) is 4.57. The Kier molecular flexibility index (Phi) is 5.08. The first-order valence-electron chi connectivity index (χ1n) is 10.6. The minimum absolute atomic E-state index is 0.00355. The lowest BCUT2D eigenvalue weighted by Gasteiger charge is -2.25. The van der Waals surface area contributed by atoms with Gasteiger partial charge in [-0.3, -0.25) is 14.6 Å².